The van der Waals surface area contributed by atoms with Crippen LogP contribution in [0.4, 0.5) is 0 Å². The van der Waals surface area contributed by atoms with Gasteiger partial charge in [-0.3, -0.25) is 4.79 Å². The minimum atomic E-state index is -0.668. The molecule has 48 valence electrons. The predicted molar refractivity (Wildman–Crippen MR) is 28.1 cm³/mol. The Balaban J connectivity index is 0. The van der Waals surface area contributed by atoms with Crippen molar-refractivity contribution in [1.82, 2.24) is 5.32 Å². The minimum absolute atomic E-state index is 0. The standard InChI is InChI=1S/C5H10NO2.Na/c1-4(2)6-5(8)3-7;/h4H,3H2,1-2H3,(H,6,8);/q-1;+1. The first-order valence-corrected chi connectivity index (χ1v) is 2.54. The van der Waals surface area contributed by atoms with E-state index in [0.29, 0.717) is 0 Å². The van der Waals surface area contributed by atoms with E-state index in [4.69, 9.17) is 0 Å². The molecule has 1 N–H and O–H groups in total. The summed E-state index contributed by atoms with van der Waals surface area (Å²) in [6.45, 7) is 2.96. The molecule has 0 aliphatic carbocycles. The topological polar surface area (TPSA) is 52.2 Å². The Hall–Kier alpha value is 0.430. The third-order valence-corrected chi connectivity index (χ3v) is 0.581. The first-order chi connectivity index (χ1) is 3.66. The molecule has 0 bridgehead atoms. The van der Waals surface area contributed by atoms with E-state index < -0.39 is 12.5 Å². The van der Waals surface area contributed by atoms with Gasteiger partial charge in [0.15, 0.2) is 0 Å². The maximum atomic E-state index is 10.2. The SMILES string of the molecule is CC(C)NC(=O)C[O-].[Na+]. The Bertz CT molecular complexity index is 85.0. The summed E-state index contributed by atoms with van der Waals surface area (Å²) in [7, 11) is 0. The van der Waals surface area contributed by atoms with Gasteiger partial charge >= 0.3 is 29.6 Å². The molecule has 0 fully saturated rings. The van der Waals surface area contributed by atoms with E-state index in [1.54, 1.807) is 0 Å². The Morgan fingerprint density at radius 3 is 2.22 bits per heavy atom. The second kappa shape index (κ2) is 6.55. The fourth-order valence-electron chi connectivity index (χ4n) is 0.364. The zero-order chi connectivity index (χ0) is 6.57. The molecular weight excluding hydrogens is 129 g/mol. The molecule has 0 spiro atoms. The Kier molecular flexibility index (Phi) is 8.83. The zero-order valence-corrected chi connectivity index (χ0v) is 8.10. The van der Waals surface area contributed by atoms with E-state index in [-0.39, 0.29) is 35.6 Å². The second-order valence-electron chi connectivity index (χ2n) is 1.87. The Morgan fingerprint density at radius 2 is 2.11 bits per heavy atom. The van der Waals surface area contributed by atoms with E-state index in [0.717, 1.165) is 0 Å². The van der Waals surface area contributed by atoms with Crippen molar-refractivity contribution in [2.24, 2.45) is 0 Å². The molecule has 0 rings (SSSR count). The van der Waals surface area contributed by atoms with Crippen LogP contribution in [0.15, 0.2) is 0 Å². The average molecular weight is 139 g/mol. The van der Waals surface area contributed by atoms with Gasteiger partial charge in [-0.15, -0.1) is 0 Å². The molecule has 0 atom stereocenters. The quantitative estimate of drug-likeness (QED) is 0.395. The summed E-state index contributed by atoms with van der Waals surface area (Å²) in [4.78, 5) is 10.2. The van der Waals surface area contributed by atoms with Gasteiger partial charge in [-0.25, -0.2) is 0 Å². The summed E-state index contributed by atoms with van der Waals surface area (Å²) in [6.07, 6.45) is 0. The van der Waals surface area contributed by atoms with Gasteiger partial charge < -0.3 is 10.4 Å². The van der Waals surface area contributed by atoms with Crippen LogP contribution < -0.4 is 40.0 Å². The zero-order valence-electron chi connectivity index (χ0n) is 6.10. The molecule has 0 aromatic rings. The van der Waals surface area contributed by atoms with Gasteiger partial charge in [0.25, 0.3) is 0 Å². The number of carbonyl (C=O) groups excluding carboxylic acids is 1. The number of amides is 1. The second-order valence-corrected chi connectivity index (χ2v) is 1.87. The molecule has 0 aliphatic rings. The van der Waals surface area contributed by atoms with Gasteiger partial charge in [0.1, 0.15) is 0 Å². The van der Waals surface area contributed by atoms with Crippen LogP contribution in [0.2, 0.25) is 0 Å². The van der Waals surface area contributed by atoms with Crippen LogP contribution >= 0.6 is 0 Å². The van der Waals surface area contributed by atoms with Crippen LogP contribution in [0.1, 0.15) is 13.8 Å². The first-order valence-electron chi connectivity index (χ1n) is 2.54. The minimum Gasteiger partial charge on any atom is -0.848 e. The largest absolute Gasteiger partial charge is 1.00 e. The molecule has 0 saturated heterocycles. The van der Waals surface area contributed by atoms with Crippen molar-refractivity contribution in [1.29, 1.82) is 0 Å². The number of hydrogen-bond acceptors (Lipinski definition) is 2. The van der Waals surface area contributed by atoms with E-state index in [1.165, 1.54) is 0 Å². The van der Waals surface area contributed by atoms with Crippen LogP contribution in [0.5, 0.6) is 0 Å². The smallest absolute Gasteiger partial charge is 0.848 e. The number of hydrogen-bond donors (Lipinski definition) is 1. The van der Waals surface area contributed by atoms with Crippen LogP contribution in [-0.2, 0) is 4.79 Å². The van der Waals surface area contributed by atoms with E-state index in [2.05, 4.69) is 5.32 Å². The number of nitrogens with one attached hydrogen (secondary N) is 1. The number of carbonyl (C=O) groups is 1. The summed E-state index contributed by atoms with van der Waals surface area (Å²) in [5.41, 5.74) is 0. The van der Waals surface area contributed by atoms with Gasteiger partial charge in [-0.1, -0.05) is 6.61 Å². The van der Waals surface area contributed by atoms with Crippen molar-refractivity contribution >= 4 is 5.91 Å². The predicted octanol–water partition coefficient (Wildman–Crippen LogP) is -4.12. The molecular formula is C5H10NNaO2. The van der Waals surface area contributed by atoms with Crippen molar-refractivity contribution < 1.29 is 39.5 Å². The summed E-state index contributed by atoms with van der Waals surface area (Å²) in [5, 5.41) is 12.2. The fraction of sp³-hybridized carbons (Fsp3) is 0.800. The van der Waals surface area contributed by atoms with E-state index in [9.17, 15) is 9.90 Å². The Morgan fingerprint density at radius 1 is 1.67 bits per heavy atom. The molecule has 4 heteroatoms. The van der Waals surface area contributed by atoms with Crippen LogP contribution in [0.3, 0.4) is 0 Å². The number of rotatable bonds is 2. The molecule has 0 aliphatic heterocycles. The molecule has 0 unspecified atom stereocenters. The van der Waals surface area contributed by atoms with Gasteiger partial charge in [0.05, 0.1) is 0 Å². The molecule has 3 nitrogen and oxygen atoms in total. The monoisotopic (exact) mass is 139 g/mol. The van der Waals surface area contributed by atoms with Crippen molar-refractivity contribution in [3.05, 3.63) is 0 Å². The molecule has 1 amide bonds. The summed E-state index contributed by atoms with van der Waals surface area (Å²) < 4.78 is 0. The summed E-state index contributed by atoms with van der Waals surface area (Å²) in [5.74, 6) is -0.431. The van der Waals surface area contributed by atoms with E-state index >= 15 is 0 Å². The van der Waals surface area contributed by atoms with Crippen LogP contribution in [0.25, 0.3) is 0 Å². The molecule has 0 aromatic carbocycles. The first kappa shape index (κ1) is 12.1. The molecule has 0 saturated carbocycles. The van der Waals surface area contributed by atoms with Crippen LogP contribution in [-0.4, -0.2) is 18.6 Å². The maximum absolute atomic E-state index is 10.2. The van der Waals surface area contributed by atoms with Gasteiger partial charge in [0.2, 0.25) is 5.91 Å². The van der Waals surface area contributed by atoms with Gasteiger partial charge in [-0.2, -0.15) is 0 Å². The Labute approximate surface area is 77.1 Å². The molecule has 0 aromatic heterocycles. The third kappa shape index (κ3) is 8.43. The molecule has 9 heavy (non-hydrogen) atoms. The molecule has 0 radical (unpaired) electrons. The fourth-order valence-corrected chi connectivity index (χ4v) is 0.364. The third-order valence-electron chi connectivity index (χ3n) is 0.581. The van der Waals surface area contributed by atoms with Crippen molar-refractivity contribution in [3.63, 3.8) is 0 Å². The van der Waals surface area contributed by atoms with Crippen LogP contribution in [0, 0.1) is 0 Å². The summed E-state index contributed by atoms with van der Waals surface area (Å²) >= 11 is 0. The maximum Gasteiger partial charge on any atom is 1.00 e. The van der Waals surface area contributed by atoms with Crippen molar-refractivity contribution in [3.8, 4) is 0 Å². The normalized spacial score (nSPS) is 8.44. The van der Waals surface area contributed by atoms with Crippen molar-refractivity contribution in [2.75, 3.05) is 6.61 Å². The van der Waals surface area contributed by atoms with Gasteiger partial charge in [-0.05, 0) is 13.8 Å². The van der Waals surface area contributed by atoms with Gasteiger partial charge in [0, 0.05) is 6.04 Å². The van der Waals surface area contributed by atoms with Crippen molar-refractivity contribution in [2.45, 2.75) is 19.9 Å². The molecule has 0 heterocycles. The summed E-state index contributed by atoms with van der Waals surface area (Å²) in [6, 6.07) is 0.0800. The van der Waals surface area contributed by atoms with E-state index in [1.807, 2.05) is 13.8 Å². The average Bonchev–Trinajstić information content (AvgIpc) is 1.65.